The largest absolute Gasteiger partial charge is 0.0533 e. The van der Waals surface area contributed by atoms with Crippen LogP contribution in [0.4, 0.5) is 0 Å². The molecule has 4 aliphatic rings. The van der Waals surface area contributed by atoms with Gasteiger partial charge in [-0.25, -0.2) is 0 Å². The van der Waals surface area contributed by atoms with E-state index in [0.717, 1.165) is 35.5 Å². The monoisotopic (exact) mass is 358 g/mol. The van der Waals surface area contributed by atoms with Gasteiger partial charge in [-0.1, -0.05) is 128 Å². The summed E-state index contributed by atoms with van der Waals surface area (Å²) in [6, 6.07) is 0. The van der Waals surface area contributed by atoms with Crippen molar-refractivity contribution in [3.63, 3.8) is 0 Å². The minimum atomic E-state index is 1.11. The van der Waals surface area contributed by atoms with Crippen molar-refractivity contribution in [2.75, 3.05) is 0 Å². The van der Waals surface area contributed by atoms with Crippen LogP contribution < -0.4 is 0 Å². The summed E-state index contributed by atoms with van der Waals surface area (Å²) in [7, 11) is 0. The first kappa shape index (κ1) is 19.3. The molecule has 4 aliphatic carbocycles. The molecular weight excluding hydrogens is 312 g/mol. The Kier molecular flexibility index (Phi) is 7.41. The van der Waals surface area contributed by atoms with Crippen molar-refractivity contribution >= 4 is 0 Å². The molecule has 150 valence electrons. The number of hydrogen-bond acceptors (Lipinski definition) is 0. The van der Waals surface area contributed by atoms with E-state index >= 15 is 0 Å². The smallest absolute Gasteiger partial charge is 0.0324 e. The lowest BCUT2D eigenvalue weighted by Crippen LogP contribution is -2.41. The topological polar surface area (TPSA) is 0 Å². The Bertz CT molecular complexity index is 301. The second-order valence-corrected chi connectivity index (χ2v) is 10.7. The highest BCUT2D eigenvalue weighted by molar-refractivity contribution is 4.93. The van der Waals surface area contributed by atoms with Crippen molar-refractivity contribution in [2.24, 2.45) is 35.5 Å². The lowest BCUT2D eigenvalue weighted by molar-refractivity contribution is -0.000877. The summed E-state index contributed by atoms with van der Waals surface area (Å²) >= 11 is 0. The first-order valence-corrected chi connectivity index (χ1v) is 12.9. The fourth-order valence-electron chi connectivity index (χ4n) is 8.10. The van der Waals surface area contributed by atoms with Crippen molar-refractivity contribution in [3.8, 4) is 0 Å². The minimum absolute atomic E-state index is 1.11. The second kappa shape index (κ2) is 9.97. The Morgan fingerprint density at radius 2 is 0.462 bits per heavy atom. The van der Waals surface area contributed by atoms with E-state index in [-0.39, 0.29) is 0 Å². The maximum absolute atomic E-state index is 1.59. The third-order valence-electron chi connectivity index (χ3n) is 9.22. The highest BCUT2D eigenvalue weighted by atomic mass is 14.5. The van der Waals surface area contributed by atoms with Crippen LogP contribution in [0.15, 0.2) is 0 Å². The van der Waals surface area contributed by atoms with Crippen LogP contribution >= 0.6 is 0 Å². The van der Waals surface area contributed by atoms with Crippen molar-refractivity contribution in [2.45, 2.75) is 128 Å². The SMILES string of the molecule is C1CCC(C(C2CCCCC2)C(C2CCCCC2)C2CCCCC2)CC1. The third-order valence-corrected chi connectivity index (χ3v) is 9.22. The maximum atomic E-state index is 1.59. The first-order chi connectivity index (χ1) is 12.9. The molecule has 4 saturated carbocycles. The summed E-state index contributed by atoms with van der Waals surface area (Å²) in [4.78, 5) is 0. The quantitative estimate of drug-likeness (QED) is 0.462. The van der Waals surface area contributed by atoms with Crippen molar-refractivity contribution in [1.82, 2.24) is 0 Å². The summed E-state index contributed by atoms with van der Waals surface area (Å²) in [5.74, 6) is 6.70. The van der Waals surface area contributed by atoms with E-state index in [9.17, 15) is 0 Å². The first-order valence-electron chi connectivity index (χ1n) is 12.9. The highest BCUT2D eigenvalue weighted by Crippen LogP contribution is 2.52. The predicted octanol–water partition coefficient (Wildman–Crippen LogP) is 8.54. The summed E-state index contributed by atoms with van der Waals surface area (Å²) < 4.78 is 0. The van der Waals surface area contributed by atoms with E-state index in [0.29, 0.717) is 0 Å². The van der Waals surface area contributed by atoms with Crippen LogP contribution in [0.25, 0.3) is 0 Å². The molecule has 0 atom stereocenters. The van der Waals surface area contributed by atoms with Gasteiger partial charge in [0.15, 0.2) is 0 Å². The van der Waals surface area contributed by atoms with Gasteiger partial charge in [-0.05, 0) is 35.5 Å². The van der Waals surface area contributed by atoms with Crippen LogP contribution in [0.1, 0.15) is 128 Å². The zero-order valence-corrected chi connectivity index (χ0v) is 17.6. The van der Waals surface area contributed by atoms with Crippen LogP contribution in [0.3, 0.4) is 0 Å². The molecule has 0 nitrogen and oxygen atoms in total. The molecular formula is C26H46. The molecule has 0 spiro atoms. The lowest BCUT2D eigenvalue weighted by Gasteiger charge is -2.50. The Morgan fingerprint density at radius 1 is 0.269 bits per heavy atom. The number of hydrogen-bond donors (Lipinski definition) is 0. The van der Waals surface area contributed by atoms with E-state index in [4.69, 9.17) is 0 Å². The van der Waals surface area contributed by atoms with Gasteiger partial charge in [0.2, 0.25) is 0 Å². The zero-order valence-electron chi connectivity index (χ0n) is 17.6. The molecule has 0 heteroatoms. The fourth-order valence-corrected chi connectivity index (χ4v) is 8.10. The van der Waals surface area contributed by atoms with E-state index in [1.165, 1.54) is 25.7 Å². The molecule has 0 heterocycles. The summed E-state index contributed by atoms with van der Waals surface area (Å²) in [5.41, 5.74) is 0. The summed E-state index contributed by atoms with van der Waals surface area (Å²) in [5, 5.41) is 0. The molecule has 0 aromatic rings. The maximum Gasteiger partial charge on any atom is -0.0324 e. The van der Waals surface area contributed by atoms with Gasteiger partial charge < -0.3 is 0 Å². The van der Waals surface area contributed by atoms with Gasteiger partial charge in [-0.2, -0.15) is 0 Å². The second-order valence-electron chi connectivity index (χ2n) is 10.7. The fraction of sp³-hybridized carbons (Fsp3) is 1.00. The number of rotatable bonds is 5. The zero-order chi connectivity index (χ0) is 17.6. The van der Waals surface area contributed by atoms with Crippen molar-refractivity contribution in [3.05, 3.63) is 0 Å². The van der Waals surface area contributed by atoms with Gasteiger partial charge in [0.25, 0.3) is 0 Å². The summed E-state index contributed by atoms with van der Waals surface area (Å²) in [6.45, 7) is 0. The van der Waals surface area contributed by atoms with E-state index < -0.39 is 0 Å². The van der Waals surface area contributed by atoms with Crippen LogP contribution in [-0.4, -0.2) is 0 Å². The van der Waals surface area contributed by atoms with Gasteiger partial charge in [-0.15, -0.1) is 0 Å². The van der Waals surface area contributed by atoms with Crippen molar-refractivity contribution in [1.29, 1.82) is 0 Å². The van der Waals surface area contributed by atoms with Gasteiger partial charge in [0.05, 0.1) is 0 Å². The molecule has 0 aromatic heterocycles. The molecule has 0 saturated heterocycles. The molecule has 0 N–H and O–H groups in total. The molecule has 0 bridgehead atoms. The molecule has 0 aliphatic heterocycles. The average Bonchev–Trinajstić information content (AvgIpc) is 2.74. The molecule has 4 rings (SSSR count). The third kappa shape index (κ3) is 4.70. The Balaban J connectivity index is 1.59. The van der Waals surface area contributed by atoms with E-state index in [1.54, 1.807) is 103 Å². The average molecular weight is 359 g/mol. The van der Waals surface area contributed by atoms with Gasteiger partial charge in [-0.3, -0.25) is 0 Å². The molecule has 26 heavy (non-hydrogen) atoms. The minimum Gasteiger partial charge on any atom is -0.0533 e. The molecule has 0 unspecified atom stereocenters. The molecule has 0 radical (unpaired) electrons. The predicted molar refractivity (Wildman–Crippen MR) is 113 cm³/mol. The van der Waals surface area contributed by atoms with E-state index in [2.05, 4.69) is 0 Å². The summed E-state index contributed by atoms with van der Waals surface area (Å²) in [6.07, 6.45) is 31.3. The van der Waals surface area contributed by atoms with Gasteiger partial charge >= 0.3 is 0 Å². The van der Waals surface area contributed by atoms with Gasteiger partial charge in [0.1, 0.15) is 0 Å². The van der Waals surface area contributed by atoms with Crippen LogP contribution in [0, 0.1) is 35.5 Å². The Hall–Kier alpha value is 0. The Labute approximate surface area is 164 Å². The highest BCUT2D eigenvalue weighted by Gasteiger charge is 2.43. The molecule has 4 fully saturated rings. The molecule has 0 amide bonds. The molecule has 0 aromatic carbocycles. The van der Waals surface area contributed by atoms with Gasteiger partial charge in [0, 0.05) is 0 Å². The van der Waals surface area contributed by atoms with Crippen LogP contribution in [-0.2, 0) is 0 Å². The van der Waals surface area contributed by atoms with Crippen LogP contribution in [0.5, 0.6) is 0 Å². The normalized spacial score (nSPS) is 28.8. The lowest BCUT2D eigenvalue weighted by atomic mass is 9.56. The van der Waals surface area contributed by atoms with Crippen LogP contribution in [0.2, 0.25) is 0 Å². The Morgan fingerprint density at radius 3 is 0.654 bits per heavy atom. The van der Waals surface area contributed by atoms with Crippen molar-refractivity contribution < 1.29 is 0 Å². The van der Waals surface area contributed by atoms with E-state index in [1.807, 2.05) is 0 Å². The standard InChI is InChI=1S/C26H46/c1-5-13-21(14-6-1)25(22-15-7-2-8-16-22)26(23-17-9-3-10-18-23)24-19-11-4-12-20-24/h21-26H,1-20H2.